The summed E-state index contributed by atoms with van der Waals surface area (Å²) in [6, 6.07) is 22.5. The number of aliphatic carboxylic acids is 1. The Labute approximate surface area is 253 Å². The molecule has 3 aromatic carbocycles. The van der Waals surface area contributed by atoms with E-state index >= 15 is 0 Å². The predicted molar refractivity (Wildman–Crippen MR) is 161 cm³/mol. The van der Waals surface area contributed by atoms with E-state index < -0.39 is 18.2 Å². The number of carboxylic acids is 1. The van der Waals surface area contributed by atoms with E-state index in [0.29, 0.717) is 35.9 Å². The Hall–Kier alpha value is -4.84. The summed E-state index contributed by atoms with van der Waals surface area (Å²) in [5.41, 5.74) is 2.57. The summed E-state index contributed by atoms with van der Waals surface area (Å²) in [5, 5.41) is 13.7. The average molecular weight is 613 g/mol. The topological polar surface area (TPSA) is 127 Å². The number of aromatic nitrogens is 1. The summed E-state index contributed by atoms with van der Waals surface area (Å²) >= 11 is 0. The molecule has 4 aromatic rings. The number of amides is 1. The van der Waals surface area contributed by atoms with Crippen molar-refractivity contribution < 1.29 is 37.3 Å². The van der Waals surface area contributed by atoms with Crippen LogP contribution in [0.5, 0.6) is 11.5 Å². The third-order valence-corrected chi connectivity index (χ3v) is 6.19. The fourth-order valence-electron chi connectivity index (χ4n) is 4.20. The molecule has 12 heteroatoms. The number of carboxylic acid groups (broad SMARTS) is 1. The van der Waals surface area contributed by atoms with E-state index in [-0.39, 0.29) is 12.0 Å². The van der Waals surface area contributed by atoms with Gasteiger partial charge in [0.2, 0.25) is 5.91 Å². The van der Waals surface area contributed by atoms with Crippen molar-refractivity contribution in [3.8, 4) is 11.5 Å². The first-order valence-corrected chi connectivity index (χ1v) is 13.8. The number of carbonyl (C=O) groups is 2. The molecule has 0 aliphatic heterocycles. The zero-order valence-electron chi connectivity index (χ0n) is 24.5. The van der Waals surface area contributed by atoms with E-state index in [0.717, 1.165) is 22.8 Å². The molecule has 1 atom stereocenters. The first-order valence-electron chi connectivity index (χ1n) is 13.8. The number of hydrazine groups is 1. The Balaban J connectivity index is 0.000000676. The van der Waals surface area contributed by atoms with E-state index in [9.17, 15) is 18.0 Å². The number of carbonyl (C=O) groups excluding carboxylic acids is 1. The van der Waals surface area contributed by atoms with E-state index in [4.69, 9.17) is 25.2 Å². The third kappa shape index (κ3) is 9.60. The fraction of sp³-hybridized carbons (Fsp3) is 0.281. The molecule has 44 heavy (non-hydrogen) atoms. The van der Waals surface area contributed by atoms with Crippen LogP contribution in [0.3, 0.4) is 0 Å². The van der Waals surface area contributed by atoms with E-state index in [1.165, 1.54) is 5.01 Å². The van der Waals surface area contributed by atoms with Gasteiger partial charge in [0.1, 0.15) is 6.04 Å². The first kappa shape index (κ1) is 33.7. The highest BCUT2D eigenvalue weighted by Gasteiger charge is 2.38. The molecule has 4 rings (SSSR count). The summed E-state index contributed by atoms with van der Waals surface area (Å²) in [4.78, 5) is 26.7. The standard InChI is InChI=1S/C30H34N4O3.C2HF3O2/c1-4-36-28-19-24(11-13-27(28)37-21(2)3)29(30(35)33-17-14-22-8-6-5-7-9-22)34(31)26-12-10-25-20-32-16-15-23(25)18-26;3-2(4,5)1(6)7/h5-13,15-16,18-21,29H,4,14,17,31H2,1-3H3,(H,33,35);(H,6,7)/t29-;/m0./s1. The summed E-state index contributed by atoms with van der Waals surface area (Å²) in [7, 11) is 0. The third-order valence-electron chi connectivity index (χ3n) is 6.19. The number of hydrogen-bond donors (Lipinski definition) is 3. The van der Waals surface area contributed by atoms with E-state index in [2.05, 4.69) is 10.3 Å². The van der Waals surface area contributed by atoms with Gasteiger partial charge in [0.25, 0.3) is 0 Å². The molecule has 234 valence electrons. The smallest absolute Gasteiger partial charge is 0.490 e. The number of nitrogens with zero attached hydrogens (tertiary/aromatic N) is 2. The van der Waals surface area contributed by atoms with Gasteiger partial charge in [-0.2, -0.15) is 13.2 Å². The molecule has 0 unspecified atom stereocenters. The molecule has 4 N–H and O–H groups in total. The molecule has 1 heterocycles. The van der Waals surface area contributed by atoms with Crippen molar-refractivity contribution in [2.75, 3.05) is 18.2 Å². The van der Waals surface area contributed by atoms with Crippen LogP contribution in [0.25, 0.3) is 10.8 Å². The number of nitrogens with one attached hydrogen (secondary N) is 1. The lowest BCUT2D eigenvalue weighted by atomic mass is 10.0. The zero-order chi connectivity index (χ0) is 32.3. The van der Waals surface area contributed by atoms with Crippen molar-refractivity contribution in [3.05, 3.63) is 96.3 Å². The second-order valence-corrected chi connectivity index (χ2v) is 9.85. The highest BCUT2D eigenvalue weighted by Crippen LogP contribution is 2.34. The Kier molecular flexibility index (Phi) is 11.9. The van der Waals surface area contributed by atoms with Crippen LogP contribution in [0.15, 0.2) is 85.2 Å². The molecule has 0 aliphatic rings. The van der Waals surface area contributed by atoms with Crippen molar-refractivity contribution >= 4 is 28.3 Å². The maximum atomic E-state index is 13.6. The maximum absolute atomic E-state index is 13.6. The van der Waals surface area contributed by atoms with Gasteiger partial charge in [0.15, 0.2) is 11.5 Å². The Morgan fingerprint density at radius 3 is 2.34 bits per heavy atom. The molecule has 0 saturated heterocycles. The number of fused-ring (bicyclic) bond motifs is 1. The van der Waals surface area contributed by atoms with Crippen LogP contribution in [0.2, 0.25) is 0 Å². The number of hydrogen-bond acceptors (Lipinski definition) is 7. The number of alkyl halides is 3. The van der Waals surface area contributed by atoms with Crippen LogP contribution in [-0.2, 0) is 16.0 Å². The minimum Gasteiger partial charge on any atom is -0.490 e. The minimum atomic E-state index is -5.08. The summed E-state index contributed by atoms with van der Waals surface area (Å²) < 4.78 is 43.5. The minimum absolute atomic E-state index is 0.0137. The number of benzene rings is 3. The number of ether oxygens (including phenoxy) is 2. The Morgan fingerprint density at radius 2 is 1.70 bits per heavy atom. The van der Waals surface area contributed by atoms with Gasteiger partial charge in [0.05, 0.1) is 18.4 Å². The second kappa shape index (κ2) is 15.6. The van der Waals surface area contributed by atoms with Gasteiger partial charge in [-0.3, -0.25) is 14.8 Å². The number of rotatable bonds is 11. The highest BCUT2D eigenvalue weighted by atomic mass is 19.4. The van der Waals surface area contributed by atoms with Crippen LogP contribution < -0.4 is 25.6 Å². The molecule has 0 fully saturated rings. The molecule has 0 saturated carbocycles. The largest absolute Gasteiger partial charge is 0.490 e. The molecule has 0 radical (unpaired) electrons. The van der Waals surface area contributed by atoms with Gasteiger partial charge in [-0.05, 0) is 74.0 Å². The van der Waals surface area contributed by atoms with Gasteiger partial charge in [-0.15, -0.1) is 0 Å². The molecule has 0 aliphatic carbocycles. The highest BCUT2D eigenvalue weighted by molar-refractivity contribution is 5.89. The van der Waals surface area contributed by atoms with Gasteiger partial charge in [-0.25, -0.2) is 10.6 Å². The van der Waals surface area contributed by atoms with Crippen LogP contribution >= 0.6 is 0 Å². The Bertz CT molecular complexity index is 1530. The van der Waals surface area contributed by atoms with Gasteiger partial charge >= 0.3 is 12.1 Å². The predicted octanol–water partition coefficient (Wildman–Crippen LogP) is 5.83. The quantitative estimate of drug-likeness (QED) is 0.143. The van der Waals surface area contributed by atoms with Gasteiger partial charge in [0, 0.05) is 24.3 Å². The zero-order valence-corrected chi connectivity index (χ0v) is 24.5. The number of nitrogens with two attached hydrogens (primary N) is 1. The molecular formula is C32H35F3N4O5. The second-order valence-electron chi connectivity index (χ2n) is 9.85. The normalized spacial score (nSPS) is 11.7. The summed E-state index contributed by atoms with van der Waals surface area (Å²) in [6.07, 6.45) is -0.837. The van der Waals surface area contributed by atoms with Crippen molar-refractivity contribution in [2.24, 2.45) is 5.84 Å². The lowest BCUT2D eigenvalue weighted by molar-refractivity contribution is -0.192. The molecule has 9 nitrogen and oxygen atoms in total. The molecule has 0 bridgehead atoms. The fourth-order valence-corrected chi connectivity index (χ4v) is 4.20. The first-order chi connectivity index (χ1) is 20.9. The molecular weight excluding hydrogens is 577 g/mol. The van der Waals surface area contributed by atoms with Crippen LogP contribution in [0.1, 0.15) is 37.9 Å². The number of halogens is 3. The van der Waals surface area contributed by atoms with Gasteiger partial charge < -0.3 is 19.9 Å². The van der Waals surface area contributed by atoms with Crippen molar-refractivity contribution in [3.63, 3.8) is 0 Å². The van der Waals surface area contributed by atoms with Crippen LogP contribution in [0, 0.1) is 0 Å². The molecule has 1 amide bonds. The van der Waals surface area contributed by atoms with E-state index in [1.54, 1.807) is 12.4 Å². The average Bonchev–Trinajstić information content (AvgIpc) is 2.98. The number of anilines is 1. The lowest BCUT2D eigenvalue weighted by Gasteiger charge is -2.29. The lowest BCUT2D eigenvalue weighted by Crippen LogP contribution is -2.45. The van der Waals surface area contributed by atoms with E-state index in [1.807, 2.05) is 93.6 Å². The maximum Gasteiger partial charge on any atom is 0.490 e. The monoisotopic (exact) mass is 612 g/mol. The van der Waals surface area contributed by atoms with Crippen molar-refractivity contribution in [2.45, 2.75) is 45.5 Å². The Morgan fingerprint density at radius 1 is 1.00 bits per heavy atom. The van der Waals surface area contributed by atoms with Crippen molar-refractivity contribution in [1.29, 1.82) is 0 Å². The van der Waals surface area contributed by atoms with Crippen LogP contribution in [0.4, 0.5) is 18.9 Å². The van der Waals surface area contributed by atoms with Gasteiger partial charge in [-0.1, -0.05) is 42.5 Å². The van der Waals surface area contributed by atoms with Crippen LogP contribution in [-0.4, -0.2) is 47.4 Å². The SMILES string of the molecule is CCOc1cc([C@@H](C(=O)NCCc2ccccc2)N(N)c2ccc3cnccc3c2)ccc1OC(C)C.O=C(O)C(F)(F)F. The number of pyridine rings is 1. The molecule has 0 spiro atoms. The van der Waals surface area contributed by atoms with Crippen molar-refractivity contribution in [1.82, 2.24) is 10.3 Å². The molecule has 1 aromatic heterocycles. The summed E-state index contributed by atoms with van der Waals surface area (Å²) in [6.45, 7) is 6.80. The summed E-state index contributed by atoms with van der Waals surface area (Å²) in [5.74, 6) is 4.92.